The van der Waals surface area contributed by atoms with Gasteiger partial charge in [0.15, 0.2) is 11.5 Å². The van der Waals surface area contributed by atoms with Crippen molar-refractivity contribution in [1.82, 2.24) is 10.2 Å². The molecule has 37 heavy (non-hydrogen) atoms. The largest absolute Gasteiger partial charge is 0.497 e. The van der Waals surface area contributed by atoms with Gasteiger partial charge in [-0.25, -0.2) is 0 Å². The van der Waals surface area contributed by atoms with Crippen LogP contribution in [-0.2, 0) is 14.3 Å². The van der Waals surface area contributed by atoms with E-state index in [1.54, 1.807) is 18.1 Å². The molecule has 2 aliphatic heterocycles. The van der Waals surface area contributed by atoms with Crippen LogP contribution in [0.1, 0.15) is 56.6 Å². The van der Waals surface area contributed by atoms with Crippen LogP contribution >= 0.6 is 0 Å². The summed E-state index contributed by atoms with van der Waals surface area (Å²) < 4.78 is 23.2. The highest BCUT2D eigenvalue weighted by Gasteiger charge is 2.40. The average molecular weight is 509 g/mol. The second-order valence-corrected chi connectivity index (χ2v) is 10.0. The van der Waals surface area contributed by atoms with Gasteiger partial charge in [-0.3, -0.25) is 9.59 Å². The molecule has 2 fully saturated rings. The number of amides is 2. The highest BCUT2D eigenvalue weighted by Crippen LogP contribution is 2.33. The van der Waals surface area contributed by atoms with Gasteiger partial charge in [0.05, 0.1) is 13.2 Å². The summed E-state index contributed by atoms with van der Waals surface area (Å²) in [5.41, 5.74) is 0.720. The van der Waals surface area contributed by atoms with E-state index in [0.717, 1.165) is 44.1 Å². The van der Waals surface area contributed by atoms with Crippen molar-refractivity contribution in [2.45, 2.75) is 69.2 Å². The van der Waals surface area contributed by atoms with Crippen LogP contribution in [0.5, 0.6) is 17.2 Å². The Balaban J connectivity index is 1.46. The molecule has 0 unspecified atom stereocenters. The van der Waals surface area contributed by atoms with E-state index >= 15 is 0 Å². The van der Waals surface area contributed by atoms with E-state index < -0.39 is 12.1 Å². The van der Waals surface area contributed by atoms with E-state index in [0.29, 0.717) is 30.4 Å². The number of fused-ring (bicyclic) bond motifs is 1. The number of carbonyl (C=O) groups is 2. The summed E-state index contributed by atoms with van der Waals surface area (Å²) in [5, 5.41) is 3.25. The topological polar surface area (TPSA) is 86.3 Å². The third-order valence-corrected chi connectivity index (χ3v) is 7.43. The lowest BCUT2D eigenvalue weighted by Crippen LogP contribution is -2.54. The zero-order chi connectivity index (χ0) is 25.6. The minimum absolute atomic E-state index is 0.0808. The van der Waals surface area contributed by atoms with Crippen molar-refractivity contribution in [3.05, 3.63) is 54.1 Å². The maximum atomic E-state index is 14.1. The number of nitrogens with zero attached hydrogens (tertiary/aromatic N) is 1. The molecule has 0 spiro atoms. The minimum Gasteiger partial charge on any atom is -0.497 e. The van der Waals surface area contributed by atoms with E-state index in [9.17, 15) is 9.59 Å². The highest BCUT2D eigenvalue weighted by atomic mass is 16.6. The summed E-state index contributed by atoms with van der Waals surface area (Å²) in [5.74, 6) is 1.36. The lowest BCUT2D eigenvalue weighted by atomic mass is 9.94. The van der Waals surface area contributed by atoms with E-state index in [2.05, 4.69) is 5.32 Å². The normalized spacial score (nSPS) is 22.2. The smallest absolute Gasteiger partial charge is 0.268 e. The van der Waals surface area contributed by atoms with Gasteiger partial charge < -0.3 is 29.2 Å². The maximum absolute atomic E-state index is 14.1. The first-order valence-electron chi connectivity index (χ1n) is 13.4. The van der Waals surface area contributed by atoms with Crippen LogP contribution in [0.3, 0.4) is 0 Å². The van der Waals surface area contributed by atoms with Crippen molar-refractivity contribution >= 4 is 11.8 Å². The van der Waals surface area contributed by atoms with E-state index in [1.807, 2.05) is 42.5 Å². The molecule has 2 heterocycles. The van der Waals surface area contributed by atoms with Crippen LogP contribution in [0.25, 0.3) is 0 Å². The van der Waals surface area contributed by atoms with Crippen LogP contribution in [0, 0.1) is 0 Å². The molecule has 2 aromatic carbocycles. The molecule has 3 atom stereocenters. The number of hydrogen-bond donors (Lipinski definition) is 1. The first-order chi connectivity index (χ1) is 18.1. The van der Waals surface area contributed by atoms with Gasteiger partial charge in [-0.1, -0.05) is 43.5 Å². The standard InChI is InChI=1S/C29H36N2O6/c1-34-22-15-13-20(14-16-22)27(28(32)30-21-8-3-2-4-9-21)31(18-23-10-7-17-35-23)29(33)26-19-36-24-11-5-6-12-25(24)37-26/h5-6,11-16,21,23,26-27H,2-4,7-10,17-19H2,1H3,(H,30,32)/t23-,26-,27-/m1/s1. The molecule has 2 amide bonds. The van der Waals surface area contributed by atoms with Gasteiger partial charge in [-0.2, -0.15) is 0 Å². The Morgan fingerprint density at radius 2 is 1.76 bits per heavy atom. The van der Waals surface area contributed by atoms with Crippen molar-refractivity contribution in [2.24, 2.45) is 0 Å². The zero-order valence-electron chi connectivity index (χ0n) is 21.4. The summed E-state index contributed by atoms with van der Waals surface area (Å²) in [6.07, 6.45) is 6.08. The Labute approximate surface area is 218 Å². The molecule has 0 aromatic heterocycles. The van der Waals surface area contributed by atoms with Gasteiger partial charge >= 0.3 is 0 Å². The molecule has 8 heteroatoms. The van der Waals surface area contributed by atoms with Gasteiger partial charge in [0.1, 0.15) is 18.4 Å². The summed E-state index contributed by atoms with van der Waals surface area (Å²) >= 11 is 0. The van der Waals surface area contributed by atoms with Crippen molar-refractivity contribution in [2.75, 3.05) is 26.9 Å². The van der Waals surface area contributed by atoms with Crippen molar-refractivity contribution in [3.8, 4) is 17.2 Å². The predicted molar refractivity (Wildman–Crippen MR) is 138 cm³/mol. The molecule has 1 saturated carbocycles. The third-order valence-electron chi connectivity index (χ3n) is 7.43. The van der Waals surface area contributed by atoms with Crippen LogP contribution in [0.4, 0.5) is 0 Å². The number of benzene rings is 2. The van der Waals surface area contributed by atoms with Gasteiger partial charge in [0.2, 0.25) is 12.0 Å². The van der Waals surface area contributed by atoms with Gasteiger partial charge in [0, 0.05) is 19.2 Å². The van der Waals surface area contributed by atoms with Crippen LogP contribution < -0.4 is 19.5 Å². The number of nitrogens with one attached hydrogen (secondary N) is 1. The van der Waals surface area contributed by atoms with Crippen LogP contribution in [-0.4, -0.2) is 61.8 Å². The van der Waals surface area contributed by atoms with E-state index in [1.165, 1.54) is 6.42 Å². The fourth-order valence-electron chi connectivity index (χ4n) is 5.44. The number of hydrogen-bond acceptors (Lipinski definition) is 6. The molecular formula is C29H36N2O6. The lowest BCUT2D eigenvalue weighted by molar-refractivity contribution is -0.150. The second kappa shape index (κ2) is 11.9. The Morgan fingerprint density at radius 1 is 1.00 bits per heavy atom. The fraction of sp³-hybridized carbons (Fsp3) is 0.517. The summed E-state index contributed by atoms with van der Waals surface area (Å²) in [6, 6.07) is 13.9. The number of ether oxygens (including phenoxy) is 4. The molecule has 5 rings (SSSR count). The fourth-order valence-corrected chi connectivity index (χ4v) is 5.44. The SMILES string of the molecule is COc1ccc([C@H](C(=O)NC2CCCCC2)N(C[C@H]2CCCO2)C(=O)[C@H]2COc3ccccc3O2)cc1. The predicted octanol–water partition coefficient (Wildman–Crippen LogP) is 4.03. The average Bonchev–Trinajstić information content (AvgIpc) is 3.46. The van der Waals surface area contributed by atoms with Crippen molar-refractivity contribution in [1.29, 1.82) is 0 Å². The molecule has 0 bridgehead atoms. The molecule has 3 aliphatic rings. The van der Waals surface area contributed by atoms with Gasteiger partial charge in [-0.05, 0) is 55.5 Å². The molecular weight excluding hydrogens is 472 g/mol. The molecule has 2 aromatic rings. The Kier molecular flexibility index (Phi) is 8.14. The van der Waals surface area contributed by atoms with Gasteiger partial charge in [0.25, 0.3) is 5.91 Å². The molecule has 1 N–H and O–H groups in total. The van der Waals surface area contributed by atoms with Crippen LogP contribution in [0.2, 0.25) is 0 Å². The maximum Gasteiger partial charge on any atom is 0.268 e. The summed E-state index contributed by atoms with van der Waals surface area (Å²) in [4.78, 5) is 29.6. The third kappa shape index (κ3) is 6.01. The summed E-state index contributed by atoms with van der Waals surface area (Å²) in [6.45, 7) is 1.04. The second-order valence-electron chi connectivity index (χ2n) is 10.0. The first kappa shape index (κ1) is 25.4. The Morgan fingerprint density at radius 3 is 2.46 bits per heavy atom. The minimum atomic E-state index is -0.862. The number of rotatable bonds is 8. The molecule has 1 aliphatic carbocycles. The van der Waals surface area contributed by atoms with Crippen molar-refractivity contribution < 1.29 is 28.5 Å². The van der Waals surface area contributed by atoms with E-state index in [-0.39, 0.29) is 30.6 Å². The van der Waals surface area contributed by atoms with Gasteiger partial charge in [-0.15, -0.1) is 0 Å². The lowest BCUT2D eigenvalue weighted by Gasteiger charge is -2.37. The Bertz CT molecular complexity index is 1060. The molecule has 198 valence electrons. The molecule has 1 saturated heterocycles. The Hall–Kier alpha value is -3.26. The quantitative estimate of drug-likeness (QED) is 0.580. The monoisotopic (exact) mass is 508 g/mol. The zero-order valence-corrected chi connectivity index (χ0v) is 21.4. The summed E-state index contributed by atoms with van der Waals surface area (Å²) in [7, 11) is 1.60. The number of carbonyl (C=O) groups excluding carboxylic acids is 2. The highest BCUT2D eigenvalue weighted by molar-refractivity contribution is 5.91. The van der Waals surface area contributed by atoms with E-state index in [4.69, 9.17) is 18.9 Å². The van der Waals surface area contributed by atoms with Crippen LogP contribution in [0.15, 0.2) is 48.5 Å². The van der Waals surface area contributed by atoms with Crippen molar-refractivity contribution in [3.63, 3.8) is 0 Å². The molecule has 0 radical (unpaired) electrons. The molecule has 8 nitrogen and oxygen atoms in total. The number of methoxy groups -OCH3 is 1. The number of para-hydroxylation sites is 2. The first-order valence-corrected chi connectivity index (χ1v) is 13.4.